The minimum atomic E-state index is -0.0566. The molecule has 3 atom stereocenters. The fourth-order valence-corrected chi connectivity index (χ4v) is 4.68. The van der Waals surface area contributed by atoms with Crippen molar-refractivity contribution in [2.24, 2.45) is 11.3 Å². The highest BCUT2D eigenvalue weighted by Crippen LogP contribution is 2.47. The van der Waals surface area contributed by atoms with Crippen LogP contribution in [0.5, 0.6) is 0 Å². The van der Waals surface area contributed by atoms with Crippen LogP contribution < -0.4 is 0 Å². The van der Waals surface area contributed by atoms with Gasteiger partial charge in [-0.15, -0.1) is 0 Å². The van der Waals surface area contributed by atoms with Gasteiger partial charge in [0, 0.05) is 6.04 Å². The number of nitrogens with zero attached hydrogens (tertiary/aromatic N) is 1. The van der Waals surface area contributed by atoms with Gasteiger partial charge in [-0.3, -0.25) is 4.90 Å². The molecule has 18 heavy (non-hydrogen) atoms. The largest absolute Gasteiger partial charge is 0.391 e. The Morgan fingerprint density at radius 3 is 2.33 bits per heavy atom. The maximum absolute atomic E-state index is 10.3. The monoisotopic (exact) mass is 251 g/mol. The van der Waals surface area contributed by atoms with Gasteiger partial charge in [-0.1, -0.05) is 19.8 Å². The SMILES string of the molecule is CC1CCC(O)C(N2CCC3(CCCC3)CC2)C1. The molecule has 0 radical (unpaired) electrons. The molecule has 3 rings (SSSR count). The zero-order chi connectivity index (χ0) is 12.6. The molecule has 2 aliphatic carbocycles. The fraction of sp³-hybridized carbons (Fsp3) is 1.00. The zero-order valence-electron chi connectivity index (χ0n) is 11.9. The highest BCUT2D eigenvalue weighted by Gasteiger charge is 2.40. The Hall–Kier alpha value is -0.0800. The van der Waals surface area contributed by atoms with E-state index in [9.17, 15) is 5.11 Å². The van der Waals surface area contributed by atoms with Crippen LogP contribution in [0.2, 0.25) is 0 Å². The Bertz CT molecular complexity index is 275. The Morgan fingerprint density at radius 2 is 1.67 bits per heavy atom. The molecule has 3 unspecified atom stereocenters. The third-order valence-electron chi connectivity index (χ3n) is 6.04. The first-order valence-electron chi connectivity index (χ1n) is 8.11. The molecule has 1 N–H and O–H groups in total. The molecule has 0 amide bonds. The molecule has 2 saturated carbocycles. The van der Waals surface area contributed by atoms with Crippen molar-refractivity contribution in [1.29, 1.82) is 0 Å². The molecule has 0 aromatic heterocycles. The maximum atomic E-state index is 10.3. The van der Waals surface area contributed by atoms with E-state index in [4.69, 9.17) is 0 Å². The van der Waals surface area contributed by atoms with Gasteiger partial charge in [0.2, 0.25) is 0 Å². The molecule has 1 saturated heterocycles. The topological polar surface area (TPSA) is 23.5 Å². The van der Waals surface area contributed by atoms with Crippen LogP contribution >= 0.6 is 0 Å². The van der Waals surface area contributed by atoms with E-state index in [-0.39, 0.29) is 6.10 Å². The Labute approximate surface area is 112 Å². The summed E-state index contributed by atoms with van der Waals surface area (Å²) >= 11 is 0. The standard InChI is InChI=1S/C16H29NO/c1-13-4-5-15(18)14(12-13)17-10-8-16(9-11-17)6-2-3-7-16/h13-15,18H,2-12H2,1H3. The van der Waals surface area contributed by atoms with Crippen molar-refractivity contribution >= 4 is 0 Å². The molecule has 0 aromatic rings. The normalized spacial score (nSPS) is 41.3. The first-order valence-corrected chi connectivity index (χ1v) is 8.11. The Balaban J connectivity index is 1.58. The van der Waals surface area contributed by atoms with Gasteiger partial charge < -0.3 is 5.11 Å². The highest BCUT2D eigenvalue weighted by molar-refractivity contribution is 4.94. The second-order valence-corrected chi connectivity index (χ2v) is 7.30. The minimum Gasteiger partial charge on any atom is -0.391 e. The summed E-state index contributed by atoms with van der Waals surface area (Å²) in [6, 6.07) is 0.465. The van der Waals surface area contributed by atoms with E-state index in [1.807, 2.05) is 0 Å². The maximum Gasteiger partial charge on any atom is 0.0695 e. The molecule has 0 aromatic carbocycles. The molecule has 2 heteroatoms. The summed E-state index contributed by atoms with van der Waals surface area (Å²) in [5.41, 5.74) is 0.710. The van der Waals surface area contributed by atoms with Gasteiger partial charge >= 0.3 is 0 Å². The summed E-state index contributed by atoms with van der Waals surface area (Å²) in [4.78, 5) is 2.61. The van der Waals surface area contributed by atoms with E-state index in [0.717, 1.165) is 12.3 Å². The third kappa shape index (κ3) is 2.46. The predicted octanol–water partition coefficient (Wildman–Crippen LogP) is 3.19. The lowest BCUT2D eigenvalue weighted by atomic mass is 9.75. The summed E-state index contributed by atoms with van der Waals surface area (Å²) in [6.45, 7) is 4.84. The summed E-state index contributed by atoms with van der Waals surface area (Å²) in [7, 11) is 0. The second-order valence-electron chi connectivity index (χ2n) is 7.30. The van der Waals surface area contributed by atoms with E-state index in [2.05, 4.69) is 11.8 Å². The van der Waals surface area contributed by atoms with Crippen LogP contribution in [0.3, 0.4) is 0 Å². The molecule has 1 heterocycles. The number of rotatable bonds is 1. The molecular weight excluding hydrogens is 222 g/mol. The number of hydrogen-bond acceptors (Lipinski definition) is 2. The lowest BCUT2D eigenvalue weighted by Gasteiger charge is -2.46. The molecular formula is C16H29NO. The number of hydrogen-bond donors (Lipinski definition) is 1. The molecule has 3 fully saturated rings. The summed E-state index contributed by atoms with van der Waals surface area (Å²) in [5, 5.41) is 10.3. The number of likely N-dealkylation sites (tertiary alicyclic amines) is 1. The molecule has 0 bridgehead atoms. The van der Waals surface area contributed by atoms with Gasteiger partial charge in [-0.05, 0) is 69.4 Å². The third-order valence-corrected chi connectivity index (χ3v) is 6.04. The summed E-state index contributed by atoms with van der Waals surface area (Å²) in [5.74, 6) is 0.806. The first kappa shape index (κ1) is 12.9. The van der Waals surface area contributed by atoms with Crippen molar-refractivity contribution in [2.75, 3.05) is 13.1 Å². The number of aliphatic hydroxyl groups excluding tert-OH is 1. The molecule has 1 aliphatic heterocycles. The summed E-state index contributed by atoms with van der Waals surface area (Å²) < 4.78 is 0. The molecule has 104 valence electrons. The average molecular weight is 251 g/mol. The van der Waals surface area contributed by atoms with Crippen LogP contribution in [0.25, 0.3) is 0 Å². The molecule has 3 aliphatic rings. The first-order chi connectivity index (χ1) is 8.69. The second kappa shape index (κ2) is 5.13. The zero-order valence-corrected chi connectivity index (χ0v) is 11.9. The van der Waals surface area contributed by atoms with Crippen LogP contribution in [0.4, 0.5) is 0 Å². The van der Waals surface area contributed by atoms with E-state index in [0.29, 0.717) is 11.5 Å². The van der Waals surface area contributed by atoms with Crippen LogP contribution in [-0.4, -0.2) is 35.2 Å². The van der Waals surface area contributed by atoms with Crippen molar-refractivity contribution in [2.45, 2.75) is 76.9 Å². The minimum absolute atomic E-state index is 0.0566. The van der Waals surface area contributed by atoms with Crippen LogP contribution in [-0.2, 0) is 0 Å². The fourth-order valence-electron chi connectivity index (χ4n) is 4.68. The van der Waals surface area contributed by atoms with Crippen molar-refractivity contribution < 1.29 is 5.11 Å². The van der Waals surface area contributed by atoms with Crippen molar-refractivity contribution in [3.8, 4) is 0 Å². The van der Waals surface area contributed by atoms with E-state index >= 15 is 0 Å². The van der Waals surface area contributed by atoms with Crippen LogP contribution in [0, 0.1) is 11.3 Å². The Kier molecular flexibility index (Phi) is 3.68. The predicted molar refractivity (Wildman–Crippen MR) is 74.5 cm³/mol. The quantitative estimate of drug-likeness (QED) is 0.773. The average Bonchev–Trinajstić information content (AvgIpc) is 2.82. The number of piperidine rings is 1. The van der Waals surface area contributed by atoms with Crippen molar-refractivity contribution in [3.05, 3.63) is 0 Å². The lowest BCUT2D eigenvalue weighted by Crippen LogP contribution is -2.51. The molecule has 1 spiro atoms. The number of aliphatic hydroxyl groups is 1. The highest BCUT2D eigenvalue weighted by atomic mass is 16.3. The molecule has 2 nitrogen and oxygen atoms in total. The van der Waals surface area contributed by atoms with E-state index in [1.165, 1.54) is 64.5 Å². The van der Waals surface area contributed by atoms with Crippen molar-refractivity contribution in [1.82, 2.24) is 4.90 Å². The van der Waals surface area contributed by atoms with Gasteiger partial charge in [-0.25, -0.2) is 0 Å². The summed E-state index contributed by atoms with van der Waals surface area (Å²) in [6.07, 6.45) is 12.1. The van der Waals surface area contributed by atoms with Gasteiger partial charge in [0.25, 0.3) is 0 Å². The van der Waals surface area contributed by atoms with Gasteiger partial charge in [0.05, 0.1) is 6.10 Å². The smallest absolute Gasteiger partial charge is 0.0695 e. The van der Waals surface area contributed by atoms with Gasteiger partial charge in [-0.2, -0.15) is 0 Å². The van der Waals surface area contributed by atoms with Crippen LogP contribution in [0.1, 0.15) is 64.7 Å². The Morgan fingerprint density at radius 1 is 1.00 bits per heavy atom. The van der Waals surface area contributed by atoms with Gasteiger partial charge in [0.15, 0.2) is 0 Å². The van der Waals surface area contributed by atoms with Crippen LogP contribution in [0.15, 0.2) is 0 Å². The van der Waals surface area contributed by atoms with Gasteiger partial charge in [0.1, 0.15) is 0 Å². The lowest BCUT2D eigenvalue weighted by molar-refractivity contribution is -0.0218. The van der Waals surface area contributed by atoms with E-state index < -0.39 is 0 Å². The van der Waals surface area contributed by atoms with Crippen molar-refractivity contribution in [3.63, 3.8) is 0 Å². The van der Waals surface area contributed by atoms with E-state index in [1.54, 1.807) is 0 Å².